The van der Waals surface area contributed by atoms with Crippen LogP contribution in [0.4, 0.5) is 36.3 Å². The predicted octanol–water partition coefficient (Wildman–Crippen LogP) is 6.51. The molecule has 2 aromatic carbocycles. The molecule has 1 fully saturated rings. The van der Waals surface area contributed by atoms with E-state index in [9.17, 15) is 13.2 Å². The number of aromatic nitrogens is 4. The summed E-state index contributed by atoms with van der Waals surface area (Å²) in [5.41, 5.74) is 4.45. The van der Waals surface area contributed by atoms with Crippen molar-refractivity contribution in [3.05, 3.63) is 83.8 Å². The first-order valence-electron chi connectivity index (χ1n) is 13.4. The van der Waals surface area contributed by atoms with Crippen LogP contribution < -0.4 is 10.6 Å². The van der Waals surface area contributed by atoms with Gasteiger partial charge < -0.3 is 15.5 Å². The smallest absolute Gasteiger partial charge is 0.340 e. The molecule has 39 heavy (non-hydrogen) atoms. The number of anilines is 4. The van der Waals surface area contributed by atoms with Crippen molar-refractivity contribution in [2.75, 3.05) is 23.7 Å². The van der Waals surface area contributed by atoms with Crippen LogP contribution in [-0.2, 0) is 19.0 Å². The average Bonchev–Trinajstić information content (AvgIpc) is 3.57. The van der Waals surface area contributed by atoms with Gasteiger partial charge in [0.2, 0.25) is 5.95 Å². The van der Waals surface area contributed by atoms with Gasteiger partial charge in [0, 0.05) is 29.7 Å². The second-order valence-corrected chi connectivity index (χ2v) is 10.1. The Kier molecular flexibility index (Phi) is 6.95. The fourth-order valence-corrected chi connectivity index (χ4v) is 5.55. The Bertz CT molecular complexity index is 1430. The Hall–Kier alpha value is -3.92. The maximum Gasteiger partial charge on any atom is 0.453 e. The highest BCUT2D eigenvalue weighted by atomic mass is 19.4. The molecular weight excluding hydrogens is 503 g/mol. The maximum absolute atomic E-state index is 13.6. The Morgan fingerprint density at radius 1 is 0.821 bits per heavy atom. The highest BCUT2D eigenvalue weighted by molar-refractivity contribution is 5.61. The molecule has 0 amide bonds. The molecule has 0 saturated carbocycles. The summed E-state index contributed by atoms with van der Waals surface area (Å²) < 4.78 is 42.1. The summed E-state index contributed by atoms with van der Waals surface area (Å²) in [6, 6.07) is 19.3. The minimum absolute atomic E-state index is 0.0114. The minimum atomic E-state index is -4.68. The number of nitrogens with zero attached hydrogens (tertiary/aromatic N) is 5. The summed E-state index contributed by atoms with van der Waals surface area (Å²) in [5, 5.41) is 10.1. The lowest BCUT2D eigenvalue weighted by molar-refractivity contribution is -0.144. The number of alkyl halides is 3. The molecule has 4 aromatic rings. The molecule has 2 aliphatic rings. The fraction of sp³-hybridized carbons (Fsp3) is 0.345. The van der Waals surface area contributed by atoms with E-state index in [0.29, 0.717) is 23.2 Å². The predicted molar refractivity (Wildman–Crippen MR) is 145 cm³/mol. The molecule has 10 heteroatoms. The molecule has 1 atom stereocenters. The molecule has 2 N–H and O–H groups in total. The van der Waals surface area contributed by atoms with Crippen LogP contribution in [0, 0.1) is 0 Å². The first kappa shape index (κ1) is 25.4. The van der Waals surface area contributed by atoms with Gasteiger partial charge in [-0.2, -0.15) is 22.8 Å². The summed E-state index contributed by atoms with van der Waals surface area (Å²) in [6.07, 6.45) is 3.60. The number of halogens is 3. The van der Waals surface area contributed by atoms with Crippen molar-refractivity contribution < 1.29 is 13.2 Å². The van der Waals surface area contributed by atoms with E-state index in [1.54, 1.807) is 12.1 Å². The number of fused-ring (bicyclic) bond motifs is 1. The molecule has 1 saturated heterocycles. The largest absolute Gasteiger partial charge is 0.453 e. The first-order chi connectivity index (χ1) is 18.9. The van der Waals surface area contributed by atoms with Crippen molar-refractivity contribution >= 4 is 23.1 Å². The van der Waals surface area contributed by atoms with E-state index < -0.39 is 12.0 Å². The number of rotatable bonds is 6. The number of benzene rings is 2. The molecule has 3 heterocycles. The highest BCUT2D eigenvalue weighted by Crippen LogP contribution is 2.32. The third kappa shape index (κ3) is 5.75. The molecule has 0 bridgehead atoms. The number of hydrogen-bond acceptors (Lipinski definition) is 6. The van der Waals surface area contributed by atoms with Gasteiger partial charge in [0.05, 0.1) is 5.69 Å². The van der Waals surface area contributed by atoms with Crippen LogP contribution in [0.1, 0.15) is 42.6 Å². The SMILES string of the molecule is FC(F)(F)c1nc(Nc2ccc3c(c2)CCC(N2CCCC2)CC3)n(-c2ccnc(Nc3ccccc3)c2)n1. The molecule has 1 aliphatic carbocycles. The van der Waals surface area contributed by atoms with Crippen molar-refractivity contribution in [2.45, 2.75) is 50.7 Å². The first-order valence-corrected chi connectivity index (χ1v) is 13.4. The van der Waals surface area contributed by atoms with E-state index in [1.165, 1.54) is 47.9 Å². The van der Waals surface area contributed by atoms with Crippen LogP contribution in [0.5, 0.6) is 0 Å². The lowest BCUT2D eigenvalue weighted by atomic mass is 10.0. The molecule has 7 nitrogen and oxygen atoms in total. The minimum Gasteiger partial charge on any atom is -0.340 e. The van der Waals surface area contributed by atoms with Gasteiger partial charge in [-0.25, -0.2) is 4.98 Å². The maximum atomic E-state index is 13.6. The molecule has 202 valence electrons. The zero-order chi connectivity index (χ0) is 26.8. The average molecular weight is 534 g/mol. The van der Waals surface area contributed by atoms with E-state index >= 15 is 0 Å². The van der Waals surface area contributed by atoms with E-state index in [0.717, 1.165) is 31.4 Å². The third-order valence-corrected chi connectivity index (χ3v) is 7.51. The van der Waals surface area contributed by atoms with Gasteiger partial charge in [-0.3, -0.25) is 0 Å². The molecule has 1 unspecified atom stereocenters. The van der Waals surface area contributed by atoms with Crippen LogP contribution in [0.25, 0.3) is 5.69 Å². The lowest BCUT2D eigenvalue weighted by Gasteiger charge is -2.25. The molecule has 6 rings (SSSR count). The Balaban J connectivity index is 1.27. The van der Waals surface area contributed by atoms with Crippen LogP contribution >= 0.6 is 0 Å². The van der Waals surface area contributed by atoms with Crippen LogP contribution in [0.15, 0.2) is 66.9 Å². The van der Waals surface area contributed by atoms with Crippen molar-refractivity contribution in [1.82, 2.24) is 24.6 Å². The van der Waals surface area contributed by atoms with E-state index in [1.807, 2.05) is 42.5 Å². The van der Waals surface area contributed by atoms with Gasteiger partial charge in [-0.05, 0) is 93.1 Å². The third-order valence-electron chi connectivity index (χ3n) is 7.51. The molecular formula is C29H30F3N7. The number of likely N-dealkylation sites (tertiary alicyclic amines) is 1. The second-order valence-electron chi connectivity index (χ2n) is 10.1. The van der Waals surface area contributed by atoms with Gasteiger partial charge in [0.25, 0.3) is 5.82 Å². The molecule has 1 aliphatic heterocycles. The summed E-state index contributed by atoms with van der Waals surface area (Å²) in [6.45, 7) is 2.37. The Labute approximate surface area is 225 Å². The van der Waals surface area contributed by atoms with E-state index in [-0.39, 0.29) is 5.95 Å². The number of hydrogen-bond donors (Lipinski definition) is 2. The second kappa shape index (κ2) is 10.7. The lowest BCUT2D eigenvalue weighted by Crippen LogP contribution is -2.32. The Morgan fingerprint density at radius 2 is 1.59 bits per heavy atom. The zero-order valence-corrected chi connectivity index (χ0v) is 21.5. The normalized spacial score (nSPS) is 18.0. The van der Waals surface area contributed by atoms with E-state index in [4.69, 9.17) is 0 Å². The number of pyridine rings is 1. The highest BCUT2D eigenvalue weighted by Gasteiger charge is 2.37. The van der Waals surface area contributed by atoms with Crippen LogP contribution in [0.2, 0.25) is 0 Å². The van der Waals surface area contributed by atoms with Crippen molar-refractivity contribution in [1.29, 1.82) is 0 Å². The topological polar surface area (TPSA) is 70.9 Å². The quantitative estimate of drug-likeness (QED) is 0.275. The summed E-state index contributed by atoms with van der Waals surface area (Å²) in [4.78, 5) is 10.7. The van der Waals surface area contributed by atoms with Gasteiger partial charge in [-0.15, -0.1) is 5.10 Å². The van der Waals surface area contributed by atoms with Crippen molar-refractivity contribution in [3.63, 3.8) is 0 Å². The zero-order valence-electron chi connectivity index (χ0n) is 21.5. The summed E-state index contributed by atoms with van der Waals surface area (Å²) >= 11 is 0. The molecule has 0 spiro atoms. The van der Waals surface area contributed by atoms with Gasteiger partial charge in [-0.1, -0.05) is 24.3 Å². The van der Waals surface area contributed by atoms with Gasteiger partial charge in [0.15, 0.2) is 0 Å². The summed E-state index contributed by atoms with van der Waals surface area (Å²) in [7, 11) is 0. The van der Waals surface area contributed by atoms with Gasteiger partial charge >= 0.3 is 6.18 Å². The van der Waals surface area contributed by atoms with E-state index in [2.05, 4.69) is 36.7 Å². The number of nitrogens with one attached hydrogen (secondary N) is 2. The standard InChI is InChI=1S/C29H30F3N7/c30-29(31,32)27-36-28(39(37-27)25-14-15-33-26(19-25)34-22-6-2-1-3-7-22)35-23-11-8-20-9-12-24(13-10-21(20)18-23)38-16-4-5-17-38/h1-3,6-8,11,14-15,18-19,24H,4-5,9-10,12-13,16-17H2,(H,33,34)(H,35,36,37). The number of aryl methyl sites for hydroxylation is 2. The summed E-state index contributed by atoms with van der Waals surface area (Å²) in [5.74, 6) is -0.739. The van der Waals surface area contributed by atoms with Gasteiger partial charge in [0.1, 0.15) is 5.82 Å². The molecule has 0 radical (unpaired) electrons. The number of para-hydroxylation sites is 1. The van der Waals surface area contributed by atoms with Crippen LogP contribution in [0.3, 0.4) is 0 Å². The van der Waals surface area contributed by atoms with Crippen molar-refractivity contribution in [3.8, 4) is 5.69 Å². The monoisotopic (exact) mass is 533 g/mol. The van der Waals surface area contributed by atoms with Crippen LogP contribution in [-0.4, -0.2) is 43.8 Å². The molecule has 2 aromatic heterocycles. The fourth-order valence-electron chi connectivity index (χ4n) is 5.55. The Morgan fingerprint density at radius 3 is 2.36 bits per heavy atom. The van der Waals surface area contributed by atoms with Crippen molar-refractivity contribution in [2.24, 2.45) is 0 Å².